The third-order valence-electron chi connectivity index (χ3n) is 4.05. The first-order valence-electron chi connectivity index (χ1n) is 8.43. The fraction of sp³-hybridized carbons (Fsp3) is 0.158. The summed E-state index contributed by atoms with van der Waals surface area (Å²) < 4.78 is 40.7. The van der Waals surface area contributed by atoms with E-state index in [9.17, 15) is 13.2 Å². The Morgan fingerprint density at radius 3 is 2.37 bits per heavy atom. The summed E-state index contributed by atoms with van der Waals surface area (Å²) in [7, 11) is 0. The number of nitrogens with zero attached hydrogens (tertiary/aromatic N) is 7. The van der Waals surface area contributed by atoms with E-state index in [1.165, 1.54) is 29.5 Å². The predicted octanol–water partition coefficient (Wildman–Crippen LogP) is 3.14. The SMILES string of the molecule is C=C(NC(C)c1ncnn1-c1ncc(C#N)cn1)c1cc(C#N)cc(C(F)(F)F)c1. The van der Waals surface area contributed by atoms with E-state index in [0.29, 0.717) is 5.82 Å². The molecule has 1 aromatic carbocycles. The lowest BCUT2D eigenvalue weighted by Crippen LogP contribution is -2.21. The van der Waals surface area contributed by atoms with E-state index < -0.39 is 17.8 Å². The zero-order valence-corrected chi connectivity index (χ0v) is 15.5. The molecule has 0 amide bonds. The van der Waals surface area contributed by atoms with E-state index in [1.54, 1.807) is 13.0 Å². The molecule has 30 heavy (non-hydrogen) atoms. The third kappa shape index (κ3) is 4.25. The first-order valence-corrected chi connectivity index (χ1v) is 8.43. The Bertz CT molecular complexity index is 1170. The summed E-state index contributed by atoms with van der Waals surface area (Å²) in [5.74, 6) is 0.542. The molecular formula is C19H13F3N8. The summed E-state index contributed by atoms with van der Waals surface area (Å²) in [6.07, 6.45) is -0.662. The van der Waals surface area contributed by atoms with E-state index in [0.717, 1.165) is 12.1 Å². The van der Waals surface area contributed by atoms with Gasteiger partial charge in [-0.25, -0.2) is 15.0 Å². The Balaban J connectivity index is 1.86. The van der Waals surface area contributed by atoms with Crippen molar-refractivity contribution in [3.8, 4) is 18.1 Å². The van der Waals surface area contributed by atoms with Crippen LogP contribution >= 0.6 is 0 Å². The molecule has 0 aliphatic rings. The number of rotatable bonds is 5. The third-order valence-corrected chi connectivity index (χ3v) is 4.05. The maximum absolute atomic E-state index is 13.1. The highest BCUT2D eigenvalue weighted by molar-refractivity contribution is 5.64. The fourth-order valence-corrected chi connectivity index (χ4v) is 2.63. The maximum Gasteiger partial charge on any atom is 0.416 e. The van der Waals surface area contributed by atoms with Crippen LogP contribution in [0.2, 0.25) is 0 Å². The van der Waals surface area contributed by atoms with E-state index >= 15 is 0 Å². The van der Waals surface area contributed by atoms with Gasteiger partial charge >= 0.3 is 6.18 Å². The quantitative estimate of drug-likeness (QED) is 0.687. The van der Waals surface area contributed by atoms with Gasteiger partial charge in [-0.2, -0.15) is 33.5 Å². The average Bonchev–Trinajstić information content (AvgIpc) is 3.22. The van der Waals surface area contributed by atoms with Gasteiger partial charge in [0.25, 0.3) is 5.95 Å². The van der Waals surface area contributed by atoms with Gasteiger partial charge in [0.2, 0.25) is 0 Å². The molecule has 3 aromatic rings. The van der Waals surface area contributed by atoms with Crippen LogP contribution < -0.4 is 5.32 Å². The molecule has 3 rings (SSSR count). The topological polar surface area (TPSA) is 116 Å². The van der Waals surface area contributed by atoms with Crippen molar-refractivity contribution < 1.29 is 13.2 Å². The molecule has 1 unspecified atom stereocenters. The number of nitrogens with one attached hydrogen (secondary N) is 1. The summed E-state index contributed by atoms with van der Waals surface area (Å²) in [6, 6.07) is 6.09. The highest BCUT2D eigenvalue weighted by Crippen LogP contribution is 2.32. The largest absolute Gasteiger partial charge is 0.416 e. The Labute approximate surface area is 169 Å². The number of hydrogen-bond acceptors (Lipinski definition) is 7. The number of nitriles is 2. The Morgan fingerprint density at radius 1 is 1.10 bits per heavy atom. The van der Waals surface area contributed by atoms with Gasteiger partial charge < -0.3 is 5.32 Å². The molecule has 8 nitrogen and oxygen atoms in total. The minimum absolute atomic E-state index is 0.119. The molecule has 0 aliphatic heterocycles. The van der Waals surface area contributed by atoms with Crippen LogP contribution in [0.4, 0.5) is 13.2 Å². The molecule has 1 atom stereocenters. The van der Waals surface area contributed by atoms with Crippen LogP contribution in [-0.4, -0.2) is 24.7 Å². The summed E-state index contributed by atoms with van der Waals surface area (Å²) >= 11 is 0. The Hall–Kier alpha value is -4.25. The number of alkyl halides is 3. The van der Waals surface area contributed by atoms with Crippen molar-refractivity contribution in [1.29, 1.82) is 10.5 Å². The molecule has 1 N–H and O–H groups in total. The summed E-state index contributed by atoms with van der Waals surface area (Å²) in [5, 5.41) is 24.9. The summed E-state index contributed by atoms with van der Waals surface area (Å²) in [5.41, 5.74) is -0.516. The second-order valence-electron chi connectivity index (χ2n) is 6.17. The molecule has 0 bridgehead atoms. The van der Waals surface area contributed by atoms with Gasteiger partial charge in [-0.3, -0.25) is 0 Å². The normalized spacial score (nSPS) is 11.9. The van der Waals surface area contributed by atoms with Crippen molar-refractivity contribution >= 4 is 5.70 Å². The molecular weight excluding hydrogens is 397 g/mol. The van der Waals surface area contributed by atoms with Gasteiger partial charge in [0.05, 0.1) is 41.2 Å². The van der Waals surface area contributed by atoms with Gasteiger partial charge in [-0.15, -0.1) is 0 Å². The van der Waals surface area contributed by atoms with Crippen molar-refractivity contribution in [3.05, 3.63) is 71.6 Å². The molecule has 11 heteroatoms. The van der Waals surface area contributed by atoms with Crippen LogP contribution in [0.25, 0.3) is 11.6 Å². The molecule has 2 heterocycles. The van der Waals surface area contributed by atoms with Crippen molar-refractivity contribution in [2.24, 2.45) is 0 Å². The summed E-state index contributed by atoms with van der Waals surface area (Å²) in [4.78, 5) is 12.2. The summed E-state index contributed by atoms with van der Waals surface area (Å²) in [6.45, 7) is 5.49. The van der Waals surface area contributed by atoms with Crippen LogP contribution in [0, 0.1) is 22.7 Å². The lowest BCUT2D eigenvalue weighted by Gasteiger charge is -2.18. The van der Waals surface area contributed by atoms with E-state index in [1.807, 2.05) is 6.07 Å². The van der Waals surface area contributed by atoms with Crippen molar-refractivity contribution in [3.63, 3.8) is 0 Å². The lowest BCUT2D eigenvalue weighted by atomic mass is 10.0. The van der Waals surface area contributed by atoms with E-state index in [2.05, 4.69) is 31.9 Å². The monoisotopic (exact) mass is 410 g/mol. The van der Waals surface area contributed by atoms with Crippen molar-refractivity contribution in [2.45, 2.75) is 19.1 Å². The van der Waals surface area contributed by atoms with Gasteiger partial charge in [0.1, 0.15) is 12.4 Å². The van der Waals surface area contributed by atoms with Crippen LogP contribution in [0.5, 0.6) is 0 Å². The molecule has 150 valence electrons. The van der Waals surface area contributed by atoms with Crippen LogP contribution in [0.15, 0.2) is 43.5 Å². The molecule has 0 radical (unpaired) electrons. The van der Waals surface area contributed by atoms with E-state index in [4.69, 9.17) is 10.5 Å². The molecule has 0 saturated carbocycles. The van der Waals surface area contributed by atoms with E-state index in [-0.39, 0.29) is 28.3 Å². The van der Waals surface area contributed by atoms with Gasteiger partial charge in [-0.05, 0) is 30.7 Å². The van der Waals surface area contributed by atoms with Gasteiger partial charge in [-0.1, -0.05) is 6.58 Å². The zero-order valence-electron chi connectivity index (χ0n) is 15.5. The van der Waals surface area contributed by atoms with Crippen molar-refractivity contribution in [1.82, 2.24) is 30.0 Å². The standard InChI is InChI=1S/C19H13F3N8/c1-11(15-3-13(6-23)4-16(5-15)19(20,21)22)29-12(2)17-27-10-28-30(17)18-25-8-14(7-24)9-26-18/h3-5,8-10,12,29H,1H2,2H3. The maximum atomic E-state index is 13.1. The van der Waals surface area contributed by atoms with Crippen molar-refractivity contribution in [2.75, 3.05) is 0 Å². The predicted molar refractivity (Wildman–Crippen MR) is 98.4 cm³/mol. The second-order valence-corrected chi connectivity index (χ2v) is 6.17. The molecule has 0 fully saturated rings. The minimum atomic E-state index is -4.60. The number of benzene rings is 1. The highest BCUT2D eigenvalue weighted by Gasteiger charge is 2.31. The molecule has 0 spiro atoms. The smallest absolute Gasteiger partial charge is 0.375 e. The average molecular weight is 410 g/mol. The number of halogens is 3. The Morgan fingerprint density at radius 2 is 1.77 bits per heavy atom. The lowest BCUT2D eigenvalue weighted by molar-refractivity contribution is -0.137. The fourth-order valence-electron chi connectivity index (χ4n) is 2.63. The van der Waals surface area contributed by atoms with Gasteiger partial charge in [0.15, 0.2) is 5.82 Å². The second kappa shape index (κ2) is 8.01. The zero-order chi connectivity index (χ0) is 21.9. The number of hydrogen-bond donors (Lipinski definition) is 1. The molecule has 0 aliphatic carbocycles. The highest BCUT2D eigenvalue weighted by atomic mass is 19.4. The first kappa shape index (κ1) is 20.5. The van der Waals surface area contributed by atoms with Crippen LogP contribution in [0.1, 0.15) is 41.0 Å². The van der Waals surface area contributed by atoms with Crippen LogP contribution in [-0.2, 0) is 6.18 Å². The molecule has 2 aromatic heterocycles. The molecule has 0 saturated heterocycles. The van der Waals surface area contributed by atoms with Crippen LogP contribution in [0.3, 0.4) is 0 Å². The number of aromatic nitrogens is 5. The Kier molecular flexibility index (Phi) is 5.47. The first-order chi connectivity index (χ1) is 14.2. The van der Waals surface area contributed by atoms with Gasteiger partial charge in [0, 0.05) is 5.70 Å². The minimum Gasteiger partial charge on any atom is -0.375 e.